The van der Waals surface area contributed by atoms with Crippen LogP contribution in [0.1, 0.15) is 23.7 Å². The summed E-state index contributed by atoms with van der Waals surface area (Å²) in [6.45, 7) is 3.03. The lowest BCUT2D eigenvalue weighted by Gasteiger charge is -2.13. The van der Waals surface area contributed by atoms with Crippen LogP contribution in [0.25, 0.3) is 0 Å². The van der Waals surface area contributed by atoms with Gasteiger partial charge in [0, 0.05) is 18.7 Å². The van der Waals surface area contributed by atoms with Crippen molar-refractivity contribution in [1.29, 1.82) is 0 Å². The van der Waals surface area contributed by atoms with Gasteiger partial charge in [0.15, 0.2) is 0 Å². The summed E-state index contributed by atoms with van der Waals surface area (Å²) < 4.78 is 33.0. The molecule has 2 N–H and O–H groups in total. The number of benzene rings is 2. The average Bonchev–Trinajstić information content (AvgIpc) is 3.11. The molecule has 0 saturated carbocycles. The number of anilines is 1. The number of hydrogen-bond donors (Lipinski definition) is 1. The van der Waals surface area contributed by atoms with Gasteiger partial charge >= 0.3 is 5.97 Å². The van der Waals surface area contributed by atoms with Crippen molar-refractivity contribution >= 4 is 27.4 Å². The fraction of sp³-hybridized carbons (Fsp3) is 0.263. The number of carbonyl (C=O) groups is 1. The second-order valence-electron chi connectivity index (χ2n) is 6.26. The van der Waals surface area contributed by atoms with Crippen LogP contribution in [0.4, 0.5) is 5.69 Å². The van der Waals surface area contributed by atoms with Crippen molar-refractivity contribution < 1.29 is 22.7 Å². The molecule has 1 heterocycles. The maximum atomic E-state index is 12.1. The molecular weight excluding hydrogens is 382 g/mol. The van der Waals surface area contributed by atoms with Crippen molar-refractivity contribution in [2.75, 3.05) is 24.8 Å². The number of esters is 1. The van der Waals surface area contributed by atoms with Crippen molar-refractivity contribution in [3.63, 3.8) is 0 Å². The molecule has 0 unspecified atom stereocenters. The molecule has 2 aromatic carbocycles. The minimum Gasteiger partial charge on any atom is -0.490 e. The van der Waals surface area contributed by atoms with E-state index >= 15 is 0 Å². The summed E-state index contributed by atoms with van der Waals surface area (Å²) in [6.07, 6.45) is 0.939. The van der Waals surface area contributed by atoms with E-state index in [1.807, 2.05) is 24.1 Å². The minimum atomic E-state index is -3.73. The molecule has 0 amide bonds. The standard InChI is InChI=1S/C19H21N3O5S/c1-14-10-11-22(21-14)16-4-2-15(3-5-16)19(23)27-13-12-26-17-6-8-18(9-7-17)28(20,24)25/h2-9H,10-13H2,1H3,(H2,20,24,25). The zero-order valence-corrected chi connectivity index (χ0v) is 16.2. The lowest BCUT2D eigenvalue weighted by atomic mass is 10.2. The van der Waals surface area contributed by atoms with E-state index in [4.69, 9.17) is 14.6 Å². The fourth-order valence-electron chi connectivity index (χ4n) is 2.63. The number of sulfonamides is 1. The molecule has 0 aliphatic carbocycles. The number of hydrazone groups is 1. The summed E-state index contributed by atoms with van der Waals surface area (Å²) in [4.78, 5) is 12.1. The summed E-state index contributed by atoms with van der Waals surface area (Å²) in [5.41, 5.74) is 2.46. The zero-order valence-electron chi connectivity index (χ0n) is 15.4. The highest BCUT2D eigenvalue weighted by Crippen LogP contribution is 2.20. The van der Waals surface area contributed by atoms with Crippen molar-refractivity contribution in [2.45, 2.75) is 18.2 Å². The molecule has 1 aliphatic heterocycles. The van der Waals surface area contributed by atoms with Crippen molar-refractivity contribution in [3.05, 3.63) is 54.1 Å². The third-order valence-corrected chi connectivity index (χ3v) is 5.04. The third kappa shape index (κ3) is 5.08. The molecule has 0 saturated heterocycles. The van der Waals surface area contributed by atoms with Gasteiger partial charge in [-0.3, -0.25) is 5.01 Å². The molecule has 8 nitrogen and oxygen atoms in total. The number of rotatable bonds is 7. The Bertz CT molecular complexity index is 970. The SMILES string of the molecule is CC1=NN(c2ccc(C(=O)OCCOc3ccc(S(N)(=O)=O)cc3)cc2)CC1. The Kier molecular flexibility index (Phi) is 5.96. The van der Waals surface area contributed by atoms with Crippen LogP contribution >= 0.6 is 0 Å². The van der Waals surface area contributed by atoms with Crippen LogP contribution in [0.15, 0.2) is 58.5 Å². The first-order valence-corrected chi connectivity index (χ1v) is 10.2. The normalized spacial score (nSPS) is 13.9. The van der Waals surface area contributed by atoms with E-state index in [2.05, 4.69) is 5.10 Å². The number of carbonyl (C=O) groups excluding carboxylic acids is 1. The Balaban J connectivity index is 1.45. The van der Waals surface area contributed by atoms with E-state index in [0.29, 0.717) is 11.3 Å². The Morgan fingerprint density at radius 3 is 2.36 bits per heavy atom. The van der Waals surface area contributed by atoms with Crippen LogP contribution in [-0.2, 0) is 14.8 Å². The van der Waals surface area contributed by atoms with E-state index in [9.17, 15) is 13.2 Å². The minimum absolute atomic E-state index is 0.00417. The Hall–Kier alpha value is -2.91. The van der Waals surface area contributed by atoms with Gasteiger partial charge < -0.3 is 9.47 Å². The van der Waals surface area contributed by atoms with Crippen molar-refractivity contribution in [2.24, 2.45) is 10.2 Å². The predicted molar refractivity (Wildman–Crippen MR) is 105 cm³/mol. The molecule has 0 atom stereocenters. The van der Waals surface area contributed by atoms with Crippen molar-refractivity contribution in [1.82, 2.24) is 0 Å². The summed E-state index contributed by atoms with van der Waals surface area (Å²) in [5.74, 6) is 0.00934. The van der Waals surface area contributed by atoms with Gasteiger partial charge in [-0.2, -0.15) is 5.10 Å². The van der Waals surface area contributed by atoms with E-state index in [1.165, 1.54) is 24.3 Å². The van der Waals surface area contributed by atoms with Gasteiger partial charge in [-0.25, -0.2) is 18.4 Å². The molecule has 0 spiro atoms. The largest absolute Gasteiger partial charge is 0.490 e. The first-order valence-electron chi connectivity index (χ1n) is 8.67. The van der Waals surface area contributed by atoms with E-state index in [0.717, 1.165) is 24.4 Å². The van der Waals surface area contributed by atoms with Gasteiger partial charge in [0.25, 0.3) is 0 Å². The van der Waals surface area contributed by atoms with Crippen molar-refractivity contribution in [3.8, 4) is 5.75 Å². The summed E-state index contributed by atoms with van der Waals surface area (Å²) >= 11 is 0. The van der Waals surface area contributed by atoms with Gasteiger partial charge in [-0.15, -0.1) is 0 Å². The van der Waals surface area contributed by atoms with Crippen LogP contribution in [-0.4, -0.2) is 39.9 Å². The lowest BCUT2D eigenvalue weighted by Crippen LogP contribution is -2.14. The third-order valence-electron chi connectivity index (χ3n) is 4.12. The predicted octanol–water partition coefficient (Wildman–Crippen LogP) is 2.16. The first-order chi connectivity index (χ1) is 13.3. The highest BCUT2D eigenvalue weighted by atomic mass is 32.2. The monoisotopic (exact) mass is 403 g/mol. The molecule has 0 fully saturated rings. The molecule has 2 aromatic rings. The number of primary sulfonamides is 1. The maximum Gasteiger partial charge on any atom is 0.338 e. The Morgan fingerprint density at radius 1 is 1.11 bits per heavy atom. The van der Waals surface area contributed by atoms with Gasteiger partial charge in [-0.05, 0) is 55.5 Å². The molecule has 3 rings (SSSR count). The second kappa shape index (κ2) is 8.41. The van der Waals surface area contributed by atoms with E-state index in [1.54, 1.807) is 12.1 Å². The van der Waals surface area contributed by atoms with Gasteiger partial charge in [0.05, 0.1) is 16.1 Å². The average molecular weight is 403 g/mol. The van der Waals surface area contributed by atoms with Crippen LogP contribution in [0, 0.1) is 0 Å². The fourth-order valence-corrected chi connectivity index (χ4v) is 3.15. The van der Waals surface area contributed by atoms with Crippen LogP contribution in [0.2, 0.25) is 0 Å². The van der Waals surface area contributed by atoms with Gasteiger partial charge in [0.2, 0.25) is 10.0 Å². The molecule has 28 heavy (non-hydrogen) atoms. The van der Waals surface area contributed by atoms with E-state index in [-0.39, 0.29) is 18.1 Å². The number of nitrogens with zero attached hydrogens (tertiary/aromatic N) is 2. The lowest BCUT2D eigenvalue weighted by molar-refractivity contribution is 0.0450. The molecule has 0 bridgehead atoms. The summed E-state index contributed by atoms with van der Waals surface area (Å²) in [5, 5.41) is 11.4. The molecular formula is C19H21N3O5S. The van der Waals surface area contributed by atoms with Crippen LogP contribution in [0.5, 0.6) is 5.75 Å². The highest BCUT2D eigenvalue weighted by Gasteiger charge is 2.14. The number of nitrogens with two attached hydrogens (primary N) is 1. The quantitative estimate of drug-likeness (QED) is 0.560. The molecule has 148 valence electrons. The van der Waals surface area contributed by atoms with Crippen LogP contribution in [0.3, 0.4) is 0 Å². The first kappa shape index (κ1) is 19.8. The molecule has 1 aliphatic rings. The molecule has 9 heteroatoms. The topological polar surface area (TPSA) is 111 Å². The van der Waals surface area contributed by atoms with E-state index < -0.39 is 16.0 Å². The second-order valence-corrected chi connectivity index (χ2v) is 7.82. The summed E-state index contributed by atoms with van der Waals surface area (Å²) in [6, 6.07) is 12.8. The molecule has 0 radical (unpaired) electrons. The van der Waals surface area contributed by atoms with Gasteiger partial charge in [0.1, 0.15) is 19.0 Å². The van der Waals surface area contributed by atoms with Gasteiger partial charge in [-0.1, -0.05) is 0 Å². The number of hydrogen-bond acceptors (Lipinski definition) is 7. The summed E-state index contributed by atoms with van der Waals surface area (Å²) in [7, 11) is -3.73. The molecule has 0 aromatic heterocycles. The Labute approximate surface area is 163 Å². The Morgan fingerprint density at radius 2 is 1.79 bits per heavy atom. The smallest absolute Gasteiger partial charge is 0.338 e. The highest BCUT2D eigenvalue weighted by molar-refractivity contribution is 7.89. The maximum absolute atomic E-state index is 12.1. The van der Waals surface area contributed by atoms with Crippen LogP contribution < -0.4 is 14.9 Å². The zero-order chi connectivity index (χ0) is 20.1. The number of ether oxygens (including phenoxy) is 2.